The topological polar surface area (TPSA) is 90.6 Å². The SMILES string of the molecule is COC(=O)[C@@H](N)CCCCNC(=O)OCc1cccc2c1Cc1ccccc1-2.Cl. The lowest BCUT2D eigenvalue weighted by atomic mass is 10.0. The van der Waals surface area contributed by atoms with Crippen molar-refractivity contribution in [2.45, 2.75) is 38.3 Å². The molecule has 0 heterocycles. The molecule has 3 rings (SSSR count). The smallest absolute Gasteiger partial charge is 0.407 e. The number of halogens is 1. The highest BCUT2D eigenvalue weighted by atomic mass is 35.5. The summed E-state index contributed by atoms with van der Waals surface area (Å²) in [6.45, 7) is 0.723. The number of hydrogen-bond acceptors (Lipinski definition) is 5. The Bertz CT molecular complexity index is 856. The number of alkyl carbamates (subject to hydrolysis) is 1. The molecular formula is C22H27ClN2O4. The normalized spacial score (nSPS) is 12.2. The van der Waals surface area contributed by atoms with Crippen molar-refractivity contribution in [3.63, 3.8) is 0 Å². The van der Waals surface area contributed by atoms with Crippen LogP contribution in [0.25, 0.3) is 11.1 Å². The summed E-state index contributed by atoms with van der Waals surface area (Å²) in [7, 11) is 1.32. The molecule has 156 valence electrons. The number of hydrogen-bond donors (Lipinski definition) is 2. The molecule has 1 aliphatic carbocycles. The average Bonchev–Trinajstić information content (AvgIpc) is 3.10. The summed E-state index contributed by atoms with van der Waals surface area (Å²) in [6.07, 6.45) is 2.40. The van der Waals surface area contributed by atoms with Crippen LogP contribution in [0.1, 0.15) is 36.0 Å². The Morgan fingerprint density at radius 3 is 2.66 bits per heavy atom. The first-order valence-corrected chi connectivity index (χ1v) is 9.53. The van der Waals surface area contributed by atoms with E-state index in [1.165, 1.54) is 29.4 Å². The fourth-order valence-electron chi connectivity index (χ4n) is 3.50. The lowest BCUT2D eigenvalue weighted by Crippen LogP contribution is -2.31. The van der Waals surface area contributed by atoms with E-state index in [2.05, 4.69) is 28.3 Å². The second-order valence-electron chi connectivity index (χ2n) is 6.91. The summed E-state index contributed by atoms with van der Waals surface area (Å²) in [5.41, 5.74) is 11.7. The largest absolute Gasteiger partial charge is 0.468 e. The van der Waals surface area contributed by atoms with E-state index in [1.54, 1.807) is 0 Å². The molecule has 1 amide bonds. The van der Waals surface area contributed by atoms with Crippen molar-refractivity contribution in [3.8, 4) is 11.1 Å². The number of nitrogens with one attached hydrogen (secondary N) is 1. The van der Waals surface area contributed by atoms with Gasteiger partial charge in [-0.1, -0.05) is 42.5 Å². The van der Waals surface area contributed by atoms with Crippen molar-refractivity contribution >= 4 is 24.5 Å². The molecule has 0 unspecified atom stereocenters. The van der Waals surface area contributed by atoms with Crippen LogP contribution in [-0.4, -0.2) is 31.8 Å². The molecule has 0 saturated carbocycles. The van der Waals surface area contributed by atoms with Crippen LogP contribution < -0.4 is 11.1 Å². The van der Waals surface area contributed by atoms with Gasteiger partial charge in [0.15, 0.2) is 0 Å². The van der Waals surface area contributed by atoms with E-state index in [4.69, 9.17) is 10.5 Å². The van der Waals surface area contributed by atoms with Gasteiger partial charge in [-0.2, -0.15) is 0 Å². The van der Waals surface area contributed by atoms with Gasteiger partial charge >= 0.3 is 12.1 Å². The van der Waals surface area contributed by atoms with E-state index in [0.29, 0.717) is 13.0 Å². The van der Waals surface area contributed by atoms with Crippen LogP contribution in [0, 0.1) is 0 Å². The molecule has 0 fully saturated rings. The van der Waals surface area contributed by atoms with Crippen LogP contribution in [0.5, 0.6) is 0 Å². The van der Waals surface area contributed by atoms with Gasteiger partial charge in [0.25, 0.3) is 0 Å². The van der Waals surface area contributed by atoms with Crippen LogP contribution in [-0.2, 0) is 27.3 Å². The molecule has 0 aliphatic heterocycles. The predicted molar refractivity (Wildman–Crippen MR) is 114 cm³/mol. The minimum Gasteiger partial charge on any atom is -0.468 e. The lowest BCUT2D eigenvalue weighted by Gasteiger charge is -2.11. The maximum atomic E-state index is 12.0. The Morgan fingerprint density at radius 2 is 1.86 bits per heavy atom. The molecule has 1 atom stereocenters. The third-order valence-corrected chi connectivity index (χ3v) is 5.02. The number of amides is 1. The Labute approximate surface area is 177 Å². The van der Waals surface area contributed by atoms with Gasteiger partial charge in [0, 0.05) is 6.54 Å². The van der Waals surface area contributed by atoms with E-state index < -0.39 is 18.1 Å². The molecule has 7 heteroatoms. The lowest BCUT2D eigenvalue weighted by molar-refractivity contribution is -0.142. The minimum atomic E-state index is -0.610. The maximum Gasteiger partial charge on any atom is 0.407 e. The molecule has 0 aromatic heterocycles. The number of carbonyl (C=O) groups excluding carboxylic acids is 2. The highest BCUT2D eigenvalue weighted by Crippen LogP contribution is 2.38. The monoisotopic (exact) mass is 418 g/mol. The highest BCUT2D eigenvalue weighted by Gasteiger charge is 2.20. The number of carbonyl (C=O) groups is 2. The second kappa shape index (κ2) is 10.8. The Hall–Kier alpha value is -2.57. The summed E-state index contributed by atoms with van der Waals surface area (Å²) in [6, 6.07) is 13.9. The molecule has 3 N–H and O–H groups in total. The van der Waals surface area contributed by atoms with E-state index in [0.717, 1.165) is 24.8 Å². The number of ether oxygens (including phenoxy) is 2. The molecule has 0 bridgehead atoms. The van der Waals surface area contributed by atoms with Crippen molar-refractivity contribution in [2.75, 3.05) is 13.7 Å². The first kappa shape index (κ1) is 22.7. The average molecular weight is 419 g/mol. The zero-order chi connectivity index (χ0) is 19.9. The molecule has 2 aromatic carbocycles. The van der Waals surface area contributed by atoms with Gasteiger partial charge < -0.3 is 20.5 Å². The number of nitrogens with two attached hydrogens (primary N) is 1. The van der Waals surface area contributed by atoms with E-state index in [-0.39, 0.29) is 19.0 Å². The molecule has 29 heavy (non-hydrogen) atoms. The Kier molecular flexibility index (Phi) is 8.49. The number of methoxy groups -OCH3 is 1. The summed E-state index contributed by atoms with van der Waals surface area (Å²) in [5.74, 6) is -0.412. The van der Waals surface area contributed by atoms with Gasteiger partial charge in [0.1, 0.15) is 12.6 Å². The zero-order valence-corrected chi connectivity index (χ0v) is 17.3. The zero-order valence-electron chi connectivity index (χ0n) is 16.5. The Morgan fingerprint density at radius 1 is 1.10 bits per heavy atom. The third kappa shape index (κ3) is 5.71. The van der Waals surface area contributed by atoms with Crippen LogP contribution in [0.15, 0.2) is 42.5 Å². The summed E-state index contributed by atoms with van der Waals surface area (Å²) >= 11 is 0. The molecular weight excluding hydrogens is 392 g/mol. The minimum absolute atomic E-state index is 0. The number of unbranched alkanes of at least 4 members (excludes halogenated alkanes) is 1. The van der Waals surface area contributed by atoms with Crippen molar-refractivity contribution in [2.24, 2.45) is 5.73 Å². The van der Waals surface area contributed by atoms with Crippen molar-refractivity contribution in [1.82, 2.24) is 5.32 Å². The summed E-state index contributed by atoms with van der Waals surface area (Å²) in [4.78, 5) is 23.2. The van der Waals surface area contributed by atoms with Gasteiger partial charge in [0.05, 0.1) is 7.11 Å². The first-order chi connectivity index (χ1) is 13.6. The quantitative estimate of drug-likeness (QED) is 0.431. The fourth-order valence-corrected chi connectivity index (χ4v) is 3.50. The number of rotatable bonds is 8. The Balaban J connectivity index is 0.00000300. The van der Waals surface area contributed by atoms with Crippen molar-refractivity contribution in [3.05, 3.63) is 59.2 Å². The molecule has 6 nitrogen and oxygen atoms in total. The maximum absolute atomic E-state index is 12.0. The van der Waals surface area contributed by atoms with Gasteiger partial charge in [-0.25, -0.2) is 4.79 Å². The number of benzene rings is 2. The summed E-state index contributed by atoms with van der Waals surface area (Å²) in [5, 5.41) is 2.74. The van der Waals surface area contributed by atoms with E-state index in [9.17, 15) is 9.59 Å². The van der Waals surface area contributed by atoms with Gasteiger partial charge in [-0.3, -0.25) is 4.79 Å². The van der Waals surface area contributed by atoms with Crippen LogP contribution in [0.3, 0.4) is 0 Å². The highest BCUT2D eigenvalue weighted by molar-refractivity contribution is 5.85. The van der Waals surface area contributed by atoms with Crippen LogP contribution in [0.4, 0.5) is 4.79 Å². The standard InChI is InChI=1S/C22H26N2O4.ClH/c1-27-21(25)20(23)11-4-5-12-24-22(26)28-14-16-8-6-10-18-17-9-3-2-7-15(17)13-19(16)18;/h2-3,6-10,20H,4-5,11-14,23H2,1H3,(H,24,26);1H/t20-;/m0./s1. The number of esters is 1. The third-order valence-electron chi connectivity index (χ3n) is 5.02. The van der Waals surface area contributed by atoms with Crippen LogP contribution >= 0.6 is 12.4 Å². The molecule has 0 spiro atoms. The van der Waals surface area contributed by atoms with Gasteiger partial charge in [-0.15, -0.1) is 12.4 Å². The van der Waals surface area contributed by atoms with Gasteiger partial charge in [-0.05, 0) is 53.5 Å². The summed E-state index contributed by atoms with van der Waals surface area (Å²) < 4.78 is 9.97. The molecule has 0 saturated heterocycles. The van der Waals surface area contributed by atoms with Crippen LogP contribution in [0.2, 0.25) is 0 Å². The fraction of sp³-hybridized carbons (Fsp3) is 0.364. The molecule has 1 aliphatic rings. The number of fused-ring (bicyclic) bond motifs is 3. The van der Waals surface area contributed by atoms with E-state index in [1.807, 2.05) is 24.3 Å². The van der Waals surface area contributed by atoms with Crippen molar-refractivity contribution < 1.29 is 19.1 Å². The van der Waals surface area contributed by atoms with Crippen molar-refractivity contribution in [1.29, 1.82) is 0 Å². The van der Waals surface area contributed by atoms with E-state index >= 15 is 0 Å². The van der Waals surface area contributed by atoms with Gasteiger partial charge in [0.2, 0.25) is 0 Å². The molecule has 0 radical (unpaired) electrons. The second-order valence-corrected chi connectivity index (χ2v) is 6.91. The predicted octanol–water partition coefficient (Wildman–Crippen LogP) is 3.58. The molecule has 2 aromatic rings. The first-order valence-electron chi connectivity index (χ1n) is 9.53.